The summed E-state index contributed by atoms with van der Waals surface area (Å²) in [5.41, 5.74) is 0.707. The van der Waals surface area contributed by atoms with Gasteiger partial charge < -0.3 is 9.47 Å². The van der Waals surface area contributed by atoms with Crippen LogP contribution in [0.15, 0.2) is 77.7 Å². The molecule has 0 spiro atoms. The zero-order valence-electron chi connectivity index (χ0n) is 20.0. The molecule has 1 aliphatic rings. The van der Waals surface area contributed by atoms with E-state index in [1.807, 2.05) is 0 Å². The zero-order valence-corrected chi connectivity index (χ0v) is 21.5. The number of amides is 2. The number of hydrogen-bond acceptors (Lipinski definition) is 7. The van der Waals surface area contributed by atoms with Crippen molar-refractivity contribution in [3.8, 4) is 11.5 Å². The minimum atomic E-state index is -4.24. The Morgan fingerprint density at radius 2 is 1.62 bits per heavy atom. The molecule has 3 aromatic carbocycles. The fraction of sp³-hybridized carbons (Fsp3) is 0.192. The van der Waals surface area contributed by atoms with Gasteiger partial charge in [0.05, 0.1) is 24.1 Å². The summed E-state index contributed by atoms with van der Waals surface area (Å²) in [6.45, 7) is 1.03. The van der Waals surface area contributed by atoms with Crippen LogP contribution < -0.4 is 14.4 Å². The predicted octanol–water partition coefficient (Wildman–Crippen LogP) is 3.80. The highest BCUT2D eigenvalue weighted by Crippen LogP contribution is 2.33. The zero-order chi connectivity index (χ0) is 26.7. The smallest absolute Gasteiger partial charge is 0.308 e. The van der Waals surface area contributed by atoms with E-state index >= 15 is 0 Å². The first kappa shape index (κ1) is 26.3. The molecule has 3 aromatic rings. The summed E-state index contributed by atoms with van der Waals surface area (Å²) in [6.07, 6.45) is -0.357. The molecule has 1 unspecified atom stereocenters. The number of carbonyl (C=O) groups is 3. The lowest BCUT2D eigenvalue weighted by atomic mass is 10.2. The summed E-state index contributed by atoms with van der Waals surface area (Å²) in [5, 5.41) is 0.326. The molecule has 0 aromatic heterocycles. The van der Waals surface area contributed by atoms with Crippen molar-refractivity contribution in [1.29, 1.82) is 0 Å². The quantitative estimate of drug-likeness (QED) is 0.242. The number of esters is 1. The van der Waals surface area contributed by atoms with Gasteiger partial charge in [0.15, 0.2) is 0 Å². The van der Waals surface area contributed by atoms with E-state index in [0.29, 0.717) is 16.3 Å². The Labute approximate surface area is 219 Å². The third-order valence-electron chi connectivity index (χ3n) is 5.78. The second-order valence-corrected chi connectivity index (χ2v) is 10.5. The van der Waals surface area contributed by atoms with Crippen LogP contribution in [0, 0.1) is 0 Å². The third kappa shape index (κ3) is 5.51. The van der Waals surface area contributed by atoms with Crippen molar-refractivity contribution in [2.45, 2.75) is 30.8 Å². The topological polar surface area (TPSA) is 110 Å². The van der Waals surface area contributed by atoms with Crippen molar-refractivity contribution in [3.63, 3.8) is 0 Å². The number of ether oxygens (including phenoxy) is 2. The minimum absolute atomic E-state index is 0.0650. The highest BCUT2D eigenvalue weighted by Gasteiger charge is 2.47. The Morgan fingerprint density at radius 3 is 2.22 bits per heavy atom. The molecule has 1 heterocycles. The van der Waals surface area contributed by atoms with Gasteiger partial charge in [0.2, 0.25) is 15.9 Å². The first-order chi connectivity index (χ1) is 17.6. The van der Waals surface area contributed by atoms with E-state index in [9.17, 15) is 22.8 Å². The molecule has 1 atom stereocenters. The summed E-state index contributed by atoms with van der Waals surface area (Å²) in [5.74, 6) is -1.07. The number of imide groups is 1. The van der Waals surface area contributed by atoms with Gasteiger partial charge in [-0.05, 0) is 60.2 Å². The molecule has 4 rings (SSSR count). The Hall–Kier alpha value is -3.73. The van der Waals surface area contributed by atoms with Crippen LogP contribution in [0.5, 0.6) is 11.5 Å². The lowest BCUT2D eigenvalue weighted by Crippen LogP contribution is -2.45. The number of anilines is 1. The summed E-state index contributed by atoms with van der Waals surface area (Å²) >= 11 is 6.31. The molecule has 1 fully saturated rings. The van der Waals surface area contributed by atoms with Crippen LogP contribution in [0.4, 0.5) is 5.69 Å². The number of methoxy groups -OCH3 is 1. The molecular weight excluding hydrogens is 520 g/mol. The number of benzene rings is 3. The molecular formula is C26H23ClN2O7S. The number of halogens is 1. The SMILES string of the molecule is COc1ccc(S(=O)(=O)N(Cc2ccccc2Cl)C2CC(=O)N(c3ccc(OC(C)=O)cc3)C2=O)cc1. The highest BCUT2D eigenvalue weighted by atomic mass is 35.5. The van der Waals surface area contributed by atoms with E-state index < -0.39 is 33.8 Å². The van der Waals surface area contributed by atoms with Gasteiger partial charge in [-0.15, -0.1) is 0 Å². The van der Waals surface area contributed by atoms with Crippen LogP contribution in [-0.2, 0) is 31.0 Å². The minimum Gasteiger partial charge on any atom is -0.497 e. The molecule has 37 heavy (non-hydrogen) atoms. The Morgan fingerprint density at radius 1 is 1.00 bits per heavy atom. The van der Waals surface area contributed by atoms with Crippen LogP contribution in [0.3, 0.4) is 0 Å². The highest BCUT2D eigenvalue weighted by molar-refractivity contribution is 7.89. The molecule has 0 radical (unpaired) electrons. The van der Waals surface area contributed by atoms with Gasteiger partial charge in [-0.25, -0.2) is 13.3 Å². The molecule has 1 aliphatic heterocycles. The number of rotatable bonds is 8. The molecule has 1 saturated heterocycles. The molecule has 0 aliphatic carbocycles. The van der Waals surface area contributed by atoms with Crippen molar-refractivity contribution in [1.82, 2.24) is 4.31 Å². The average Bonchev–Trinajstić information content (AvgIpc) is 3.16. The molecule has 192 valence electrons. The van der Waals surface area contributed by atoms with Crippen LogP contribution >= 0.6 is 11.6 Å². The second kappa shape index (κ2) is 10.7. The molecule has 11 heteroatoms. The van der Waals surface area contributed by atoms with Crippen molar-refractivity contribution < 1.29 is 32.3 Å². The van der Waals surface area contributed by atoms with Crippen molar-refractivity contribution in [2.24, 2.45) is 0 Å². The van der Waals surface area contributed by atoms with E-state index in [2.05, 4.69) is 0 Å². The van der Waals surface area contributed by atoms with Gasteiger partial charge in [0.25, 0.3) is 5.91 Å². The van der Waals surface area contributed by atoms with Crippen molar-refractivity contribution in [3.05, 3.63) is 83.4 Å². The summed E-state index contributed by atoms with van der Waals surface area (Å²) in [6, 6.07) is 16.9. The monoisotopic (exact) mass is 542 g/mol. The summed E-state index contributed by atoms with van der Waals surface area (Å²) < 4.78 is 38.7. The van der Waals surface area contributed by atoms with Gasteiger partial charge in [-0.1, -0.05) is 29.8 Å². The van der Waals surface area contributed by atoms with E-state index in [-0.39, 0.29) is 29.3 Å². The van der Waals surface area contributed by atoms with Crippen LogP contribution in [0.25, 0.3) is 0 Å². The van der Waals surface area contributed by atoms with E-state index in [4.69, 9.17) is 21.1 Å². The van der Waals surface area contributed by atoms with Gasteiger partial charge >= 0.3 is 5.97 Å². The molecule has 0 saturated carbocycles. The van der Waals surface area contributed by atoms with Gasteiger partial charge in [0, 0.05) is 18.5 Å². The third-order valence-corrected chi connectivity index (χ3v) is 8.01. The Balaban J connectivity index is 1.71. The van der Waals surface area contributed by atoms with Crippen LogP contribution in [-0.4, -0.2) is 43.7 Å². The maximum Gasteiger partial charge on any atom is 0.308 e. The van der Waals surface area contributed by atoms with E-state index in [0.717, 1.165) is 9.21 Å². The first-order valence-electron chi connectivity index (χ1n) is 11.2. The summed E-state index contributed by atoms with van der Waals surface area (Å²) in [4.78, 5) is 38.6. The molecule has 0 N–H and O–H groups in total. The molecule has 0 bridgehead atoms. The maximum atomic E-state index is 13.8. The second-order valence-electron chi connectivity index (χ2n) is 8.19. The normalized spacial score (nSPS) is 15.8. The number of nitrogens with zero attached hydrogens (tertiary/aromatic N) is 2. The maximum absolute atomic E-state index is 13.8. The van der Waals surface area contributed by atoms with Crippen LogP contribution in [0.1, 0.15) is 18.9 Å². The Kier molecular flexibility index (Phi) is 7.63. The van der Waals surface area contributed by atoms with E-state index in [1.54, 1.807) is 24.3 Å². The number of hydrogen-bond donors (Lipinski definition) is 0. The van der Waals surface area contributed by atoms with Gasteiger partial charge in [-0.3, -0.25) is 14.4 Å². The lowest BCUT2D eigenvalue weighted by Gasteiger charge is -2.27. The largest absolute Gasteiger partial charge is 0.497 e. The first-order valence-corrected chi connectivity index (χ1v) is 13.0. The van der Waals surface area contributed by atoms with Gasteiger partial charge in [-0.2, -0.15) is 4.31 Å². The van der Waals surface area contributed by atoms with Crippen LogP contribution in [0.2, 0.25) is 5.02 Å². The molecule has 2 amide bonds. The predicted molar refractivity (Wildman–Crippen MR) is 136 cm³/mol. The fourth-order valence-electron chi connectivity index (χ4n) is 3.98. The molecule has 9 nitrogen and oxygen atoms in total. The Bertz CT molecular complexity index is 1440. The fourth-order valence-corrected chi connectivity index (χ4v) is 5.74. The standard InChI is InChI=1S/C26H23ClN2O7S/c1-17(30)36-21-9-7-19(8-10-21)29-25(31)15-24(26(29)32)28(16-18-5-3-4-6-23(18)27)37(33,34)22-13-11-20(35-2)12-14-22/h3-14,24H,15-16H2,1-2H3. The summed E-state index contributed by atoms with van der Waals surface area (Å²) in [7, 11) is -2.78. The number of carbonyl (C=O) groups excluding carboxylic acids is 3. The lowest BCUT2D eigenvalue weighted by molar-refractivity contribution is -0.132. The van der Waals surface area contributed by atoms with Crippen molar-refractivity contribution >= 4 is 45.1 Å². The van der Waals surface area contributed by atoms with Gasteiger partial charge in [0.1, 0.15) is 17.5 Å². The average molecular weight is 543 g/mol. The number of sulfonamides is 1. The van der Waals surface area contributed by atoms with E-state index in [1.165, 1.54) is 62.6 Å². The van der Waals surface area contributed by atoms with Crippen molar-refractivity contribution in [2.75, 3.05) is 12.0 Å².